The van der Waals surface area contributed by atoms with Crippen LogP contribution < -0.4 is 0 Å². The molecule has 0 spiro atoms. The quantitative estimate of drug-likeness (QED) is 0.269. The largest absolute Gasteiger partial charge is 0.426 e. The molecule has 0 saturated heterocycles. The Balaban J connectivity index is 0.000000233. The maximum Gasteiger partial charge on any atom is 0.426 e. The summed E-state index contributed by atoms with van der Waals surface area (Å²) in [7, 11) is 0. The van der Waals surface area contributed by atoms with Gasteiger partial charge in [0.25, 0.3) is 11.2 Å². The molecule has 5 rings (SSSR count). The van der Waals surface area contributed by atoms with Gasteiger partial charge < -0.3 is 9.84 Å². The van der Waals surface area contributed by atoms with E-state index >= 15 is 0 Å². The lowest BCUT2D eigenvalue weighted by atomic mass is 9.71. The molecule has 12 atom stereocenters. The second kappa shape index (κ2) is 14.9. The Morgan fingerprint density at radius 1 is 0.491 bits per heavy atom. The van der Waals surface area contributed by atoms with Crippen LogP contribution in [0.15, 0.2) is 0 Å². The van der Waals surface area contributed by atoms with Crippen LogP contribution in [0.25, 0.3) is 0 Å². The van der Waals surface area contributed by atoms with E-state index in [-0.39, 0.29) is 49.4 Å². The van der Waals surface area contributed by atoms with Gasteiger partial charge in [-0.1, -0.05) is 27.7 Å². The van der Waals surface area contributed by atoms with E-state index in [9.17, 15) is 92.9 Å². The van der Waals surface area contributed by atoms with Crippen LogP contribution in [0.4, 0.5) is 87.8 Å². The highest BCUT2D eigenvalue weighted by molar-refractivity contribution is 5.27. The second-order valence-corrected chi connectivity index (χ2v) is 17.0. The maximum absolute atomic E-state index is 13.3. The third-order valence-corrected chi connectivity index (χ3v) is 14.3. The van der Waals surface area contributed by atoms with Crippen LogP contribution in [0, 0.1) is 59.2 Å². The highest BCUT2D eigenvalue weighted by Gasteiger charge is 2.96. The Bertz CT molecular complexity index is 1270. The van der Waals surface area contributed by atoms with E-state index in [1.54, 1.807) is 0 Å². The zero-order valence-corrected chi connectivity index (χ0v) is 31.6. The van der Waals surface area contributed by atoms with Crippen molar-refractivity contribution < 1.29 is 97.7 Å². The van der Waals surface area contributed by atoms with Crippen LogP contribution in [0.1, 0.15) is 87.0 Å². The molecular formula is C35H46F20O2. The monoisotopic (exact) mass is 878 g/mol. The van der Waals surface area contributed by atoms with Crippen molar-refractivity contribution in [1.29, 1.82) is 0 Å². The molecule has 0 radical (unpaired) electrons. The van der Waals surface area contributed by atoms with Gasteiger partial charge in [0.2, 0.25) is 11.3 Å². The van der Waals surface area contributed by atoms with Crippen molar-refractivity contribution in [2.75, 3.05) is 6.61 Å². The van der Waals surface area contributed by atoms with Crippen LogP contribution in [-0.2, 0) is 4.74 Å². The zero-order chi connectivity index (χ0) is 44.9. The summed E-state index contributed by atoms with van der Waals surface area (Å²) in [6.45, 7) is 7.78. The summed E-state index contributed by atoms with van der Waals surface area (Å²) < 4.78 is 262. The highest BCUT2D eigenvalue weighted by atomic mass is 19.4. The van der Waals surface area contributed by atoms with E-state index in [4.69, 9.17) is 0 Å². The van der Waals surface area contributed by atoms with Gasteiger partial charge in [-0.15, -0.1) is 0 Å². The van der Waals surface area contributed by atoms with Crippen LogP contribution in [0.3, 0.4) is 0 Å². The molecule has 0 aromatic heterocycles. The molecule has 1 N–H and O–H groups in total. The third-order valence-electron chi connectivity index (χ3n) is 14.3. The van der Waals surface area contributed by atoms with Crippen LogP contribution in [0.5, 0.6) is 0 Å². The molecule has 5 aliphatic carbocycles. The standard InChI is InChI=1S/C15H22F6O.C13H18F6O.C7H6F8/c1-4-22-13(14(16,17)18,15(19,20)21)7-11-5-10-6-12(11)9(3)8(10)2;1-6-7(2)10-4-8(6)3-9(10)5-11(20,12(14,15)16)13(17,18)19;1-3(8)4(2,9)6(12,13)7(14,15)5(3,10)11/h8-12H,4-7H2,1-3H3;6-10,20H,3-5H2,1-2H3;1-2H3. The average molecular weight is 879 g/mol. The molecule has 338 valence electrons. The molecule has 12 unspecified atom stereocenters. The summed E-state index contributed by atoms with van der Waals surface area (Å²) in [5, 5.41) is 9.28. The molecule has 5 aliphatic rings. The van der Waals surface area contributed by atoms with Gasteiger partial charge in [0, 0.05) is 6.61 Å². The Kier molecular flexibility index (Phi) is 13.0. The summed E-state index contributed by atoms with van der Waals surface area (Å²) in [5.41, 5.74) is -17.9. The fourth-order valence-electron chi connectivity index (χ4n) is 10.0. The minimum atomic E-state index is -6.06. The molecule has 57 heavy (non-hydrogen) atoms. The van der Waals surface area contributed by atoms with Crippen molar-refractivity contribution in [2.45, 2.75) is 152 Å². The second-order valence-electron chi connectivity index (χ2n) is 17.0. The first kappa shape index (κ1) is 49.9. The Morgan fingerprint density at radius 3 is 1.02 bits per heavy atom. The lowest BCUT2D eigenvalue weighted by molar-refractivity contribution is -0.385. The van der Waals surface area contributed by atoms with Gasteiger partial charge in [-0.05, 0) is 118 Å². The number of rotatable bonds is 6. The predicted molar refractivity (Wildman–Crippen MR) is 163 cm³/mol. The van der Waals surface area contributed by atoms with Gasteiger partial charge in [-0.2, -0.15) is 79.0 Å². The number of hydrogen-bond acceptors (Lipinski definition) is 2. The molecule has 5 fully saturated rings. The Labute approximate surface area is 315 Å². The smallest absolute Gasteiger partial charge is 0.374 e. The SMILES string of the molecule is CC1(F)C(C)(F)C(F)(F)C(F)(F)C1(F)F.CC1C2CC(CC(O)(C(F)(F)F)C(F)(F)F)C(C2)C1C.CCOC(CC1CC2CC1C(C)C2C)(C(F)(F)F)C(F)(F)F. The van der Waals surface area contributed by atoms with Crippen molar-refractivity contribution in [2.24, 2.45) is 59.2 Å². The topological polar surface area (TPSA) is 29.5 Å². The Hall–Kier alpha value is -1.48. The number of aliphatic hydroxyl groups is 1. The van der Waals surface area contributed by atoms with Gasteiger partial charge in [-0.3, -0.25) is 0 Å². The van der Waals surface area contributed by atoms with Gasteiger partial charge in [-0.25, -0.2) is 8.78 Å². The summed E-state index contributed by atoms with van der Waals surface area (Å²) in [6, 6.07) is 0. The molecule has 5 saturated carbocycles. The van der Waals surface area contributed by atoms with Crippen LogP contribution >= 0.6 is 0 Å². The van der Waals surface area contributed by atoms with E-state index < -0.39 is 96.3 Å². The van der Waals surface area contributed by atoms with E-state index in [1.165, 1.54) is 0 Å². The molecule has 0 aliphatic heterocycles. The number of alkyl halides is 20. The molecule has 22 heteroatoms. The highest BCUT2D eigenvalue weighted by Crippen LogP contribution is 2.68. The summed E-state index contributed by atoms with van der Waals surface area (Å²) in [4.78, 5) is 0. The van der Waals surface area contributed by atoms with Crippen molar-refractivity contribution in [3.05, 3.63) is 0 Å². The lowest BCUT2D eigenvalue weighted by Gasteiger charge is -2.41. The maximum atomic E-state index is 13.3. The summed E-state index contributed by atoms with van der Waals surface area (Å²) in [5.74, 6) is -17.7. The zero-order valence-electron chi connectivity index (χ0n) is 31.6. The normalized spacial score (nSPS) is 39.8. The first-order valence-corrected chi connectivity index (χ1v) is 18.2. The van der Waals surface area contributed by atoms with E-state index in [1.807, 2.05) is 27.7 Å². The minimum Gasteiger partial charge on any atom is -0.374 e. The Morgan fingerprint density at radius 2 is 0.807 bits per heavy atom. The van der Waals surface area contributed by atoms with Gasteiger partial charge >= 0.3 is 42.5 Å². The van der Waals surface area contributed by atoms with Gasteiger partial charge in [0.15, 0.2) is 0 Å². The van der Waals surface area contributed by atoms with E-state index in [2.05, 4.69) is 4.74 Å². The number of fused-ring (bicyclic) bond motifs is 4. The molecule has 2 nitrogen and oxygen atoms in total. The van der Waals surface area contributed by atoms with Crippen molar-refractivity contribution in [1.82, 2.24) is 0 Å². The summed E-state index contributed by atoms with van der Waals surface area (Å²) in [6.07, 6.45) is -22.4. The number of halogens is 20. The third kappa shape index (κ3) is 7.51. The molecule has 0 amide bonds. The lowest BCUT2D eigenvalue weighted by Crippen LogP contribution is -2.60. The van der Waals surface area contributed by atoms with Gasteiger partial charge in [0.05, 0.1) is 0 Å². The fourth-order valence-corrected chi connectivity index (χ4v) is 10.0. The molecule has 4 bridgehead atoms. The van der Waals surface area contributed by atoms with Crippen molar-refractivity contribution in [3.8, 4) is 0 Å². The van der Waals surface area contributed by atoms with Crippen LogP contribution in [0.2, 0.25) is 0 Å². The fraction of sp³-hybridized carbons (Fsp3) is 1.00. The average Bonchev–Trinajstić information content (AvgIpc) is 3.77. The summed E-state index contributed by atoms with van der Waals surface area (Å²) >= 11 is 0. The molecule has 0 aromatic carbocycles. The number of ether oxygens (including phenoxy) is 1. The van der Waals surface area contributed by atoms with Crippen LogP contribution in [-0.4, -0.2) is 76.7 Å². The van der Waals surface area contributed by atoms with E-state index in [0.29, 0.717) is 31.1 Å². The molecule has 0 heterocycles. The molecular weight excluding hydrogens is 832 g/mol. The first-order chi connectivity index (χ1) is 25.1. The first-order valence-electron chi connectivity index (χ1n) is 18.2. The van der Waals surface area contributed by atoms with E-state index in [0.717, 1.165) is 13.3 Å². The van der Waals surface area contributed by atoms with Crippen molar-refractivity contribution >= 4 is 0 Å². The van der Waals surface area contributed by atoms with Gasteiger partial charge in [0.1, 0.15) is 0 Å². The molecule has 0 aromatic rings. The van der Waals surface area contributed by atoms with Crippen molar-refractivity contribution in [3.63, 3.8) is 0 Å². The number of hydrogen-bond donors (Lipinski definition) is 1. The minimum absolute atomic E-state index is 0.0652. The predicted octanol–water partition coefficient (Wildman–Crippen LogP) is 12.7.